The predicted octanol–water partition coefficient (Wildman–Crippen LogP) is -2.40. The number of rotatable bonds is 20. The van der Waals surface area contributed by atoms with Gasteiger partial charge < -0.3 is 53.7 Å². The zero-order chi connectivity index (χ0) is 36.5. The normalized spacial score (nSPS) is 16.3. The summed E-state index contributed by atoms with van der Waals surface area (Å²) in [6, 6.07) is 4.07. The van der Waals surface area contributed by atoms with Gasteiger partial charge in [0.15, 0.2) is 11.9 Å². The molecule has 1 fully saturated rings. The summed E-state index contributed by atoms with van der Waals surface area (Å²) in [6.45, 7) is 0.873. The zero-order valence-electron chi connectivity index (χ0n) is 27.9. The second-order valence-electron chi connectivity index (χ2n) is 12.0. The molecule has 1 radical (unpaired) electrons. The predicted molar refractivity (Wildman–Crippen MR) is 185 cm³/mol. The van der Waals surface area contributed by atoms with Crippen LogP contribution in [0.2, 0.25) is 0 Å². The summed E-state index contributed by atoms with van der Waals surface area (Å²) in [5, 5.41) is 28.1. The number of nitrogens with two attached hydrogens (primary N) is 3. The minimum absolute atomic E-state index is 0.101. The van der Waals surface area contributed by atoms with E-state index in [1.807, 2.05) is 24.5 Å². The summed E-state index contributed by atoms with van der Waals surface area (Å²) in [5.74, 6) is -2.62. The Morgan fingerprint density at radius 2 is 1.62 bits per heavy atom. The highest BCUT2D eigenvalue weighted by Gasteiger charge is 2.39. The summed E-state index contributed by atoms with van der Waals surface area (Å²) in [5.41, 5.74) is 18.1. The molecule has 0 bridgehead atoms. The van der Waals surface area contributed by atoms with Gasteiger partial charge in [-0.05, 0) is 44.1 Å². The highest BCUT2D eigenvalue weighted by molar-refractivity contribution is 5.95. The summed E-state index contributed by atoms with van der Waals surface area (Å²) in [6.07, 6.45) is 7.20. The maximum absolute atomic E-state index is 14.0. The van der Waals surface area contributed by atoms with Crippen molar-refractivity contribution >= 4 is 41.8 Å². The summed E-state index contributed by atoms with van der Waals surface area (Å²) in [4.78, 5) is 74.3. The van der Waals surface area contributed by atoms with Crippen LogP contribution in [-0.2, 0) is 36.8 Å². The van der Waals surface area contributed by atoms with Crippen molar-refractivity contribution in [1.29, 1.82) is 10.8 Å². The molecule has 0 spiro atoms. The third-order valence-electron chi connectivity index (χ3n) is 8.12. The van der Waals surface area contributed by atoms with Crippen molar-refractivity contribution in [2.24, 2.45) is 17.2 Å². The van der Waals surface area contributed by atoms with E-state index in [-0.39, 0.29) is 50.7 Å². The molecule has 2 heterocycles. The van der Waals surface area contributed by atoms with Gasteiger partial charge in [0.25, 0.3) is 0 Å². The van der Waals surface area contributed by atoms with Crippen molar-refractivity contribution < 1.29 is 24.0 Å². The molecular weight excluding hydrogens is 646 g/mol. The first kappa shape index (κ1) is 38.9. The molecule has 0 saturated carbocycles. The molecule has 5 atom stereocenters. The first-order valence-corrected chi connectivity index (χ1v) is 16.5. The number of nitrogens with zero attached hydrogens (tertiary/aromatic N) is 2. The average molecular weight is 695 g/mol. The van der Waals surface area contributed by atoms with Gasteiger partial charge in [-0.15, -0.1) is 0 Å². The number of carbonyl (C=O) groups is 4. The highest BCUT2D eigenvalue weighted by atomic mass is 16.2. The molecule has 1 saturated heterocycles. The molecule has 50 heavy (non-hydrogen) atoms. The second-order valence-corrected chi connectivity index (χ2v) is 12.0. The largest absolute Gasteiger partial charge is 0.370 e. The number of hydrogen-bond acceptors (Lipinski definition) is 9. The lowest BCUT2D eigenvalue weighted by atomic mass is 10.0. The first-order chi connectivity index (χ1) is 24.0. The van der Waals surface area contributed by atoms with E-state index in [0.717, 1.165) is 5.56 Å². The lowest BCUT2D eigenvalue weighted by molar-refractivity contribution is -0.142. The van der Waals surface area contributed by atoms with Crippen LogP contribution < -0.4 is 43.8 Å². The standard InChI is InChI=1S/C32H48N13O5/c33-23(9-4-12-39-31(34)35)27(47)43-24(10-5-13-40-32(36)37)30(50)45-14-6-11-26(45)29(49)44-25(15-20-7-2-1-3-8-20)28(48)42-22(18-46)16-21-17-38-19-41-21/h1-3,7-8,17,19,22-26H,4-6,9-16,33H2,(H,38,41)(H,42,48)(H,43,47)(H,44,49)(H4,34,35,39)(H4,36,37,40). The number of guanidine groups is 2. The lowest BCUT2D eigenvalue weighted by Crippen LogP contribution is -2.58. The number of benzene rings is 1. The minimum Gasteiger partial charge on any atom is -0.370 e. The second kappa shape index (κ2) is 20.1. The fraction of sp³-hybridized carbons (Fsp3) is 0.500. The van der Waals surface area contributed by atoms with E-state index in [4.69, 9.17) is 28.0 Å². The summed E-state index contributed by atoms with van der Waals surface area (Å²) < 4.78 is 0. The van der Waals surface area contributed by atoms with Crippen LogP contribution in [0.25, 0.3) is 0 Å². The number of imidazole rings is 1. The summed E-state index contributed by atoms with van der Waals surface area (Å²) >= 11 is 0. The number of nitrogens with one attached hydrogen (secondary N) is 8. The van der Waals surface area contributed by atoms with Crippen molar-refractivity contribution in [3.63, 3.8) is 0 Å². The van der Waals surface area contributed by atoms with Gasteiger partial charge in [0.05, 0.1) is 18.1 Å². The molecule has 2 aromatic rings. The molecule has 271 valence electrons. The molecule has 0 aliphatic carbocycles. The van der Waals surface area contributed by atoms with Gasteiger partial charge in [-0.2, -0.15) is 0 Å². The quantitative estimate of drug-likeness (QED) is 0.0394. The monoisotopic (exact) mass is 694 g/mol. The van der Waals surface area contributed by atoms with Gasteiger partial charge in [0.1, 0.15) is 24.2 Å². The van der Waals surface area contributed by atoms with Gasteiger partial charge in [0, 0.05) is 38.7 Å². The Kier molecular flexibility index (Phi) is 15.6. The Morgan fingerprint density at radius 3 is 2.24 bits per heavy atom. The molecule has 3 rings (SSSR count). The van der Waals surface area contributed by atoms with Gasteiger partial charge in [-0.25, -0.2) is 4.98 Å². The smallest absolute Gasteiger partial charge is 0.245 e. The Hall–Kier alpha value is -5.52. The number of aromatic amines is 1. The Bertz CT molecular complexity index is 1440. The lowest BCUT2D eigenvalue weighted by Gasteiger charge is -2.30. The molecule has 4 amide bonds. The molecule has 1 aliphatic heterocycles. The molecule has 1 aromatic carbocycles. The van der Waals surface area contributed by atoms with Crippen molar-refractivity contribution in [3.8, 4) is 0 Å². The van der Waals surface area contributed by atoms with Crippen molar-refractivity contribution in [2.45, 2.75) is 81.6 Å². The Balaban J connectivity index is 1.73. The maximum Gasteiger partial charge on any atom is 0.245 e. The number of hydrogen-bond donors (Lipinski definition) is 11. The van der Waals surface area contributed by atoms with Crippen molar-refractivity contribution in [2.75, 3.05) is 19.6 Å². The fourth-order valence-corrected chi connectivity index (χ4v) is 5.58. The topological polar surface area (TPSA) is 303 Å². The van der Waals surface area contributed by atoms with E-state index in [2.05, 4.69) is 36.6 Å². The molecule has 14 N–H and O–H groups in total. The van der Waals surface area contributed by atoms with Crippen LogP contribution in [0, 0.1) is 10.8 Å². The molecule has 5 unspecified atom stereocenters. The fourth-order valence-electron chi connectivity index (χ4n) is 5.58. The molecule has 18 nitrogen and oxygen atoms in total. The van der Waals surface area contributed by atoms with Crippen LogP contribution >= 0.6 is 0 Å². The zero-order valence-corrected chi connectivity index (χ0v) is 27.9. The Morgan fingerprint density at radius 1 is 0.940 bits per heavy atom. The van der Waals surface area contributed by atoms with Crippen LogP contribution in [0.3, 0.4) is 0 Å². The molecule has 1 aromatic heterocycles. The molecular formula is C32H48N13O5. The molecule has 18 heteroatoms. The van der Waals surface area contributed by atoms with E-state index >= 15 is 0 Å². The highest BCUT2D eigenvalue weighted by Crippen LogP contribution is 2.20. The van der Waals surface area contributed by atoms with Crippen molar-refractivity contribution in [1.82, 2.24) is 41.5 Å². The van der Waals surface area contributed by atoms with Gasteiger partial charge in [-0.1, -0.05) is 30.3 Å². The van der Waals surface area contributed by atoms with E-state index in [1.165, 1.54) is 11.2 Å². The number of aromatic nitrogens is 2. The van der Waals surface area contributed by atoms with Crippen LogP contribution in [0.15, 0.2) is 42.9 Å². The van der Waals surface area contributed by atoms with Crippen LogP contribution in [0.1, 0.15) is 49.8 Å². The van der Waals surface area contributed by atoms with Gasteiger partial charge >= 0.3 is 0 Å². The number of likely N-dealkylation sites (tertiary alicyclic amines) is 1. The minimum atomic E-state index is -1.08. The maximum atomic E-state index is 14.0. The van der Waals surface area contributed by atoms with E-state index in [0.29, 0.717) is 37.9 Å². The first-order valence-electron chi connectivity index (χ1n) is 16.5. The van der Waals surface area contributed by atoms with Crippen LogP contribution in [0.4, 0.5) is 0 Å². The van der Waals surface area contributed by atoms with Gasteiger partial charge in [-0.3, -0.25) is 34.8 Å². The number of H-pyrrole nitrogens is 1. The van der Waals surface area contributed by atoms with Gasteiger partial charge in [0.2, 0.25) is 29.9 Å². The Labute approximate surface area is 290 Å². The van der Waals surface area contributed by atoms with E-state index in [9.17, 15) is 24.0 Å². The van der Waals surface area contributed by atoms with E-state index in [1.54, 1.807) is 18.3 Å². The molecule has 1 aliphatic rings. The number of amides is 4. The summed E-state index contributed by atoms with van der Waals surface area (Å²) in [7, 11) is 0. The van der Waals surface area contributed by atoms with E-state index < -0.39 is 53.8 Å². The van der Waals surface area contributed by atoms with Crippen LogP contribution in [-0.4, -0.2) is 107 Å². The number of carbonyl (C=O) groups excluding carboxylic acids is 5. The SMILES string of the molecule is N=C(N)NCCCC(N)C(=O)NC(CCCNC(=N)N)C(=O)N1CCCC1C(=O)NC(Cc1ccccc1)C(=O)NC([C]=O)Cc1c[nH]cn1. The third-order valence-corrected chi connectivity index (χ3v) is 8.12. The van der Waals surface area contributed by atoms with Crippen molar-refractivity contribution in [3.05, 3.63) is 54.1 Å². The third kappa shape index (κ3) is 12.8. The van der Waals surface area contributed by atoms with Crippen LogP contribution in [0.5, 0.6) is 0 Å². The average Bonchev–Trinajstić information content (AvgIpc) is 3.80.